The van der Waals surface area contributed by atoms with Crippen molar-refractivity contribution in [3.63, 3.8) is 0 Å². The molecule has 0 fully saturated rings. The number of imidazole rings is 1. The molecule has 0 aliphatic carbocycles. The van der Waals surface area contributed by atoms with Gasteiger partial charge in [0.15, 0.2) is 0 Å². The molecule has 0 atom stereocenters. The van der Waals surface area contributed by atoms with E-state index < -0.39 is 5.97 Å². The molecule has 0 amide bonds. The van der Waals surface area contributed by atoms with Crippen molar-refractivity contribution in [1.82, 2.24) is 9.55 Å². The maximum atomic E-state index is 10.8. The van der Waals surface area contributed by atoms with Gasteiger partial charge in [-0.05, 0) is 0 Å². The topological polar surface area (TPSA) is 44.1 Å². The van der Waals surface area contributed by atoms with Crippen LogP contribution in [0, 0.1) is 0 Å². The number of carbonyl (C=O) groups excluding carboxylic acids is 1. The molecule has 0 aliphatic rings. The minimum absolute atomic E-state index is 0.255. The van der Waals surface area contributed by atoms with Gasteiger partial charge in [-0.1, -0.05) is 6.58 Å². The molecule has 0 saturated heterocycles. The predicted molar refractivity (Wildman–Crippen MR) is 39.6 cm³/mol. The van der Waals surface area contributed by atoms with E-state index in [2.05, 4.69) is 16.3 Å². The Labute approximate surface area is 64.1 Å². The van der Waals surface area contributed by atoms with Gasteiger partial charge >= 0.3 is 5.97 Å². The zero-order valence-corrected chi connectivity index (χ0v) is 6.15. The summed E-state index contributed by atoms with van der Waals surface area (Å²) in [6, 6.07) is 0. The van der Waals surface area contributed by atoms with Crippen LogP contribution < -0.4 is 0 Å². The largest absolute Gasteiger partial charge is 0.464 e. The first kappa shape index (κ1) is 7.53. The van der Waals surface area contributed by atoms with Gasteiger partial charge in [0.2, 0.25) is 0 Å². The molecule has 1 heterocycles. The van der Waals surface area contributed by atoms with E-state index >= 15 is 0 Å². The summed E-state index contributed by atoms with van der Waals surface area (Å²) in [6.45, 7) is 3.52. The number of ether oxygens (including phenoxy) is 1. The highest BCUT2D eigenvalue weighted by Gasteiger charge is 2.06. The van der Waals surface area contributed by atoms with Crippen molar-refractivity contribution in [2.45, 2.75) is 0 Å². The quantitative estimate of drug-likeness (QED) is 0.458. The first-order chi connectivity index (χ1) is 5.25. The lowest BCUT2D eigenvalue weighted by Gasteiger charge is -2.01. The van der Waals surface area contributed by atoms with Gasteiger partial charge in [-0.15, -0.1) is 0 Å². The van der Waals surface area contributed by atoms with E-state index in [0.29, 0.717) is 0 Å². The summed E-state index contributed by atoms with van der Waals surface area (Å²) in [5.74, 6) is -0.456. The van der Waals surface area contributed by atoms with Gasteiger partial charge in [-0.3, -0.25) is 0 Å². The van der Waals surface area contributed by atoms with Crippen molar-refractivity contribution in [1.29, 1.82) is 0 Å². The highest BCUT2D eigenvalue weighted by atomic mass is 16.5. The third kappa shape index (κ3) is 1.46. The standard InChI is InChI=1S/C7H8N2O2/c1-6(7(10)11-2)9-4-3-8-5-9/h3-5H,1H2,2H3. The smallest absolute Gasteiger partial charge is 0.354 e. The van der Waals surface area contributed by atoms with E-state index in [9.17, 15) is 4.79 Å². The zero-order chi connectivity index (χ0) is 8.27. The Balaban J connectivity index is 2.79. The van der Waals surface area contributed by atoms with E-state index in [-0.39, 0.29) is 5.70 Å². The molecule has 0 aromatic carbocycles. The van der Waals surface area contributed by atoms with Gasteiger partial charge in [-0.25, -0.2) is 9.78 Å². The molecule has 0 unspecified atom stereocenters. The lowest BCUT2D eigenvalue weighted by molar-refractivity contribution is -0.134. The fraction of sp³-hybridized carbons (Fsp3) is 0.143. The molecule has 4 heteroatoms. The van der Waals surface area contributed by atoms with Crippen LogP contribution in [0.5, 0.6) is 0 Å². The summed E-state index contributed by atoms with van der Waals surface area (Å²) in [7, 11) is 1.31. The molecule has 0 aliphatic heterocycles. The van der Waals surface area contributed by atoms with E-state index in [1.165, 1.54) is 18.0 Å². The maximum Gasteiger partial charge on any atom is 0.354 e. The van der Waals surface area contributed by atoms with Crippen molar-refractivity contribution < 1.29 is 9.53 Å². The summed E-state index contributed by atoms with van der Waals surface area (Å²) < 4.78 is 5.94. The Morgan fingerprint density at radius 1 is 1.73 bits per heavy atom. The monoisotopic (exact) mass is 152 g/mol. The van der Waals surface area contributed by atoms with Crippen LogP contribution in [0.4, 0.5) is 0 Å². The van der Waals surface area contributed by atoms with Crippen molar-refractivity contribution in [3.05, 3.63) is 25.3 Å². The second-order valence-corrected chi connectivity index (χ2v) is 1.91. The highest BCUT2D eigenvalue weighted by molar-refractivity contribution is 6.08. The number of methoxy groups -OCH3 is 1. The minimum atomic E-state index is -0.456. The Kier molecular flexibility index (Phi) is 2.06. The normalized spacial score (nSPS) is 9.18. The number of nitrogens with zero attached hydrogens (tertiary/aromatic N) is 2. The lowest BCUT2D eigenvalue weighted by atomic mass is 10.5. The molecule has 11 heavy (non-hydrogen) atoms. The van der Waals surface area contributed by atoms with E-state index in [1.807, 2.05) is 0 Å². The number of rotatable bonds is 2. The second kappa shape index (κ2) is 3.01. The fourth-order valence-electron chi connectivity index (χ4n) is 0.642. The average Bonchev–Trinajstić information content (AvgIpc) is 2.53. The van der Waals surface area contributed by atoms with Crippen molar-refractivity contribution in [2.24, 2.45) is 0 Å². The number of hydrogen-bond donors (Lipinski definition) is 0. The zero-order valence-electron chi connectivity index (χ0n) is 6.15. The van der Waals surface area contributed by atoms with Gasteiger partial charge in [0.05, 0.1) is 13.4 Å². The molecular formula is C7H8N2O2. The SMILES string of the molecule is C=C(C(=O)OC)n1ccnc1. The predicted octanol–water partition coefficient (Wildman–Crippen LogP) is 0.527. The van der Waals surface area contributed by atoms with Crippen LogP contribution in [0.1, 0.15) is 0 Å². The minimum Gasteiger partial charge on any atom is -0.464 e. The van der Waals surface area contributed by atoms with Crippen LogP contribution in [-0.2, 0) is 9.53 Å². The average molecular weight is 152 g/mol. The van der Waals surface area contributed by atoms with Gasteiger partial charge in [0, 0.05) is 12.4 Å². The molecule has 0 spiro atoms. The van der Waals surface area contributed by atoms with Crippen molar-refractivity contribution >= 4 is 11.7 Å². The van der Waals surface area contributed by atoms with Crippen LogP contribution in [0.3, 0.4) is 0 Å². The molecule has 0 saturated carbocycles. The summed E-state index contributed by atoms with van der Waals surface area (Å²) in [4.78, 5) is 14.6. The molecule has 0 N–H and O–H groups in total. The van der Waals surface area contributed by atoms with Crippen molar-refractivity contribution in [2.75, 3.05) is 7.11 Å². The van der Waals surface area contributed by atoms with E-state index in [1.54, 1.807) is 12.4 Å². The number of carbonyl (C=O) groups is 1. The molecule has 1 rings (SSSR count). The molecule has 4 nitrogen and oxygen atoms in total. The molecule has 1 aromatic heterocycles. The molecule has 58 valence electrons. The second-order valence-electron chi connectivity index (χ2n) is 1.91. The summed E-state index contributed by atoms with van der Waals surface area (Å²) in [5.41, 5.74) is 0.255. The van der Waals surface area contributed by atoms with E-state index in [0.717, 1.165) is 0 Å². The number of hydrogen-bond acceptors (Lipinski definition) is 3. The number of esters is 1. The third-order valence-electron chi connectivity index (χ3n) is 1.24. The van der Waals surface area contributed by atoms with Gasteiger partial charge in [0.1, 0.15) is 5.70 Å². The van der Waals surface area contributed by atoms with E-state index in [4.69, 9.17) is 0 Å². The van der Waals surface area contributed by atoms with Crippen LogP contribution in [-0.4, -0.2) is 22.6 Å². The summed E-state index contributed by atoms with van der Waals surface area (Å²) in [6.07, 6.45) is 4.67. The van der Waals surface area contributed by atoms with Crippen LogP contribution in [0.2, 0.25) is 0 Å². The Morgan fingerprint density at radius 3 is 2.91 bits per heavy atom. The third-order valence-corrected chi connectivity index (χ3v) is 1.24. The Morgan fingerprint density at radius 2 is 2.45 bits per heavy atom. The Hall–Kier alpha value is -1.58. The molecular weight excluding hydrogens is 144 g/mol. The van der Waals surface area contributed by atoms with Crippen LogP contribution in [0.15, 0.2) is 25.3 Å². The Bertz CT molecular complexity index is 264. The summed E-state index contributed by atoms with van der Waals surface area (Å²) in [5, 5.41) is 0. The van der Waals surface area contributed by atoms with Crippen LogP contribution in [0.25, 0.3) is 5.70 Å². The van der Waals surface area contributed by atoms with Gasteiger partial charge < -0.3 is 9.30 Å². The molecule has 1 aromatic rings. The highest BCUT2D eigenvalue weighted by Crippen LogP contribution is 2.01. The maximum absolute atomic E-state index is 10.8. The van der Waals surface area contributed by atoms with Gasteiger partial charge in [0.25, 0.3) is 0 Å². The lowest BCUT2D eigenvalue weighted by Crippen LogP contribution is -2.07. The molecule has 0 radical (unpaired) electrons. The van der Waals surface area contributed by atoms with Gasteiger partial charge in [-0.2, -0.15) is 0 Å². The van der Waals surface area contributed by atoms with Crippen LogP contribution >= 0.6 is 0 Å². The fourth-order valence-corrected chi connectivity index (χ4v) is 0.642. The first-order valence-corrected chi connectivity index (χ1v) is 3.01. The first-order valence-electron chi connectivity index (χ1n) is 3.01. The van der Waals surface area contributed by atoms with Crippen molar-refractivity contribution in [3.8, 4) is 0 Å². The molecule has 0 bridgehead atoms. The summed E-state index contributed by atoms with van der Waals surface area (Å²) >= 11 is 0. The number of aromatic nitrogens is 2.